The van der Waals surface area contributed by atoms with Crippen molar-refractivity contribution in [2.75, 3.05) is 0 Å². The predicted octanol–water partition coefficient (Wildman–Crippen LogP) is 3.40. The highest BCUT2D eigenvalue weighted by Crippen LogP contribution is 1.86. The molecule has 1 heterocycles. The van der Waals surface area contributed by atoms with E-state index < -0.39 is 0 Å². The molecule has 0 aliphatic heterocycles. The Labute approximate surface area is 87.4 Å². The second-order valence-electron chi connectivity index (χ2n) is 2.53. The highest BCUT2D eigenvalue weighted by Gasteiger charge is 1.77. The number of ketones is 1. The summed E-state index contributed by atoms with van der Waals surface area (Å²) < 4.78 is 0. The number of hydrogen-bond acceptors (Lipinski definition) is 2. The Balaban J connectivity index is 0. The molecule has 0 amide bonds. The standard InChI is InChI=1S/C6H7N.C4H8O.C2H6/c1-6-4-2-3-5-7-6;1-3-4(2)5;1-2/h2-5H,1H3;3H2,1-2H3;1-2H3. The molecule has 0 bridgehead atoms. The largest absolute Gasteiger partial charge is 0.300 e. The van der Waals surface area contributed by atoms with Crippen molar-refractivity contribution in [2.45, 2.75) is 41.0 Å². The zero-order valence-electron chi connectivity index (χ0n) is 9.87. The number of nitrogens with zero attached hydrogens (tertiary/aromatic N) is 1. The molecule has 1 rings (SSSR count). The number of carbonyl (C=O) groups is 1. The van der Waals surface area contributed by atoms with E-state index in [0.29, 0.717) is 6.42 Å². The molecule has 2 nitrogen and oxygen atoms in total. The van der Waals surface area contributed by atoms with Gasteiger partial charge in [-0.05, 0) is 26.0 Å². The molecule has 0 aromatic carbocycles. The molecular formula is C12H21NO. The van der Waals surface area contributed by atoms with Crippen LogP contribution in [0.5, 0.6) is 0 Å². The molecule has 0 N–H and O–H groups in total. The first-order valence-corrected chi connectivity index (χ1v) is 5.04. The number of aromatic nitrogens is 1. The van der Waals surface area contributed by atoms with Crippen LogP contribution in [0.1, 0.15) is 39.8 Å². The van der Waals surface area contributed by atoms with E-state index >= 15 is 0 Å². The molecule has 1 aromatic heterocycles. The summed E-state index contributed by atoms with van der Waals surface area (Å²) in [5.41, 5.74) is 1.07. The highest BCUT2D eigenvalue weighted by molar-refractivity contribution is 5.74. The minimum absolute atomic E-state index is 0.255. The van der Waals surface area contributed by atoms with E-state index in [-0.39, 0.29) is 5.78 Å². The van der Waals surface area contributed by atoms with Crippen LogP contribution < -0.4 is 0 Å². The van der Waals surface area contributed by atoms with Gasteiger partial charge < -0.3 is 4.79 Å². The molecule has 80 valence electrons. The number of pyridine rings is 1. The third-order valence-corrected chi connectivity index (χ3v) is 1.31. The predicted molar refractivity (Wildman–Crippen MR) is 61.3 cm³/mol. The summed E-state index contributed by atoms with van der Waals surface area (Å²) >= 11 is 0. The van der Waals surface area contributed by atoms with Crippen LogP contribution in [0.4, 0.5) is 0 Å². The van der Waals surface area contributed by atoms with Crippen LogP contribution in [0.2, 0.25) is 0 Å². The van der Waals surface area contributed by atoms with Crippen LogP contribution in [-0.4, -0.2) is 10.8 Å². The van der Waals surface area contributed by atoms with Crippen molar-refractivity contribution in [3.05, 3.63) is 30.1 Å². The van der Waals surface area contributed by atoms with Gasteiger partial charge in [0.1, 0.15) is 5.78 Å². The number of aryl methyl sites for hydroxylation is 1. The van der Waals surface area contributed by atoms with Gasteiger partial charge in [-0.1, -0.05) is 26.8 Å². The SMILES string of the molecule is CC.CCC(C)=O.Cc1ccccn1. The second kappa shape index (κ2) is 11.8. The third kappa shape index (κ3) is 13.4. The number of carbonyl (C=O) groups excluding carboxylic acids is 1. The topological polar surface area (TPSA) is 30.0 Å². The Hall–Kier alpha value is -1.18. The summed E-state index contributed by atoms with van der Waals surface area (Å²) in [6.45, 7) is 9.41. The lowest BCUT2D eigenvalue weighted by molar-refractivity contribution is -0.116. The highest BCUT2D eigenvalue weighted by atomic mass is 16.1. The van der Waals surface area contributed by atoms with Crippen molar-refractivity contribution in [3.63, 3.8) is 0 Å². The molecule has 0 spiro atoms. The van der Waals surface area contributed by atoms with Crippen molar-refractivity contribution >= 4 is 5.78 Å². The lowest BCUT2D eigenvalue weighted by Crippen LogP contribution is -1.80. The average molecular weight is 195 g/mol. The fourth-order valence-electron chi connectivity index (χ4n) is 0.448. The van der Waals surface area contributed by atoms with Crippen molar-refractivity contribution in [1.82, 2.24) is 4.98 Å². The summed E-state index contributed by atoms with van der Waals surface area (Å²) in [5, 5.41) is 0. The van der Waals surface area contributed by atoms with E-state index in [1.54, 1.807) is 13.1 Å². The lowest BCUT2D eigenvalue weighted by atomic mass is 10.4. The Bertz CT molecular complexity index is 219. The lowest BCUT2D eigenvalue weighted by Gasteiger charge is -1.82. The molecule has 0 atom stereocenters. The smallest absolute Gasteiger partial charge is 0.129 e. The monoisotopic (exact) mass is 195 g/mol. The van der Waals surface area contributed by atoms with Gasteiger partial charge in [-0.25, -0.2) is 0 Å². The van der Waals surface area contributed by atoms with E-state index in [2.05, 4.69) is 4.98 Å². The average Bonchev–Trinajstić information content (AvgIpc) is 2.23. The number of hydrogen-bond donors (Lipinski definition) is 0. The maximum Gasteiger partial charge on any atom is 0.129 e. The van der Waals surface area contributed by atoms with Gasteiger partial charge in [0.25, 0.3) is 0 Å². The zero-order chi connectivity index (χ0) is 11.4. The van der Waals surface area contributed by atoms with Gasteiger partial charge in [0.15, 0.2) is 0 Å². The van der Waals surface area contributed by atoms with E-state index in [9.17, 15) is 4.79 Å². The molecule has 0 aliphatic carbocycles. The Morgan fingerprint density at radius 2 is 1.86 bits per heavy atom. The number of Topliss-reactive ketones (excluding diaryl/α,β-unsaturated/α-hetero) is 1. The van der Waals surface area contributed by atoms with Gasteiger partial charge in [-0.3, -0.25) is 4.98 Å². The van der Waals surface area contributed by atoms with Crippen molar-refractivity contribution < 1.29 is 4.79 Å². The van der Waals surface area contributed by atoms with Crippen LogP contribution >= 0.6 is 0 Å². The molecule has 2 heteroatoms. The van der Waals surface area contributed by atoms with Crippen LogP contribution in [0.15, 0.2) is 24.4 Å². The minimum Gasteiger partial charge on any atom is -0.300 e. The van der Waals surface area contributed by atoms with Crippen LogP contribution in [0.25, 0.3) is 0 Å². The van der Waals surface area contributed by atoms with Crippen LogP contribution in [0, 0.1) is 6.92 Å². The maximum atomic E-state index is 9.81. The van der Waals surface area contributed by atoms with E-state index in [4.69, 9.17) is 0 Å². The molecule has 0 unspecified atom stereocenters. The first kappa shape index (κ1) is 15.3. The summed E-state index contributed by atoms with van der Waals surface area (Å²) in [5.74, 6) is 0.255. The van der Waals surface area contributed by atoms with Crippen LogP contribution in [-0.2, 0) is 4.79 Å². The van der Waals surface area contributed by atoms with Crippen molar-refractivity contribution in [1.29, 1.82) is 0 Å². The van der Waals surface area contributed by atoms with Gasteiger partial charge in [-0.2, -0.15) is 0 Å². The van der Waals surface area contributed by atoms with Crippen molar-refractivity contribution in [3.8, 4) is 0 Å². The zero-order valence-corrected chi connectivity index (χ0v) is 9.87. The fraction of sp³-hybridized carbons (Fsp3) is 0.500. The molecular weight excluding hydrogens is 174 g/mol. The molecule has 0 fully saturated rings. The summed E-state index contributed by atoms with van der Waals surface area (Å²) in [6.07, 6.45) is 2.45. The number of rotatable bonds is 1. The molecule has 14 heavy (non-hydrogen) atoms. The molecule has 0 saturated heterocycles. The molecule has 0 aliphatic rings. The van der Waals surface area contributed by atoms with Gasteiger partial charge in [0.05, 0.1) is 0 Å². The van der Waals surface area contributed by atoms with Crippen LogP contribution in [0.3, 0.4) is 0 Å². The minimum atomic E-state index is 0.255. The third-order valence-electron chi connectivity index (χ3n) is 1.31. The van der Waals surface area contributed by atoms with Crippen molar-refractivity contribution in [2.24, 2.45) is 0 Å². The molecule has 1 aromatic rings. The van der Waals surface area contributed by atoms with Gasteiger partial charge in [0.2, 0.25) is 0 Å². The molecule has 0 saturated carbocycles. The Morgan fingerprint density at radius 3 is 2.00 bits per heavy atom. The second-order valence-corrected chi connectivity index (χ2v) is 2.53. The maximum absolute atomic E-state index is 9.81. The van der Waals surface area contributed by atoms with Gasteiger partial charge >= 0.3 is 0 Å². The van der Waals surface area contributed by atoms with E-state index in [0.717, 1.165) is 5.69 Å². The Kier molecular flexibility index (Phi) is 12.9. The molecule has 0 radical (unpaired) electrons. The quantitative estimate of drug-likeness (QED) is 0.687. The van der Waals surface area contributed by atoms with Gasteiger partial charge in [-0.15, -0.1) is 0 Å². The van der Waals surface area contributed by atoms with E-state index in [1.807, 2.05) is 45.9 Å². The normalized spacial score (nSPS) is 7.50. The summed E-state index contributed by atoms with van der Waals surface area (Å²) in [7, 11) is 0. The van der Waals surface area contributed by atoms with Gasteiger partial charge in [0, 0.05) is 18.3 Å². The summed E-state index contributed by atoms with van der Waals surface area (Å²) in [4.78, 5) is 13.8. The first-order chi connectivity index (χ1) is 6.66. The summed E-state index contributed by atoms with van der Waals surface area (Å²) in [6, 6.07) is 5.86. The fourth-order valence-corrected chi connectivity index (χ4v) is 0.448. The Morgan fingerprint density at radius 1 is 1.36 bits per heavy atom. The van der Waals surface area contributed by atoms with E-state index in [1.165, 1.54) is 0 Å². The first-order valence-electron chi connectivity index (χ1n) is 5.04.